The van der Waals surface area contributed by atoms with Crippen molar-refractivity contribution in [2.75, 3.05) is 18.1 Å². The molecule has 1 rings (SSSR count). The van der Waals surface area contributed by atoms with Crippen molar-refractivity contribution in [2.24, 2.45) is 0 Å². The molecule has 1 N–H and O–H groups in total. The lowest BCUT2D eigenvalue weighted by atomic mass is 10.3. The Bertz CT molecular complexity index is 390. The number of pyridine rings is 1. The summed E-state index contributed by atoms with van der Waals surface area (Å²) in [5.41, 5.74) is 1.11. The van der Waals surface area contributed by atoms with Gasteiger partial charge in [0.1, 0.15) is 9.84 Å². The van der Waals surface area contributed by atoms with Crippen LogP contribution in [0.2, 0.25) is 0 Å². The van der Waals surface area contributed by atoms with Crippen LogP contribution in [0.25, 0.3) is 0 Å². The summed E-state index contributed by atoms with van der Waals surface area (Å²) in [4.78, 5) is 4.00. The van der Waals surface area contributed by atoms with Gasteiger partial charge in [-0.3, -0.25) is 4.98 Å². The SMILES string of the molecule is CCS(=O)(=O)CCCNCc1cccnc1. The summed E-state index contributed by atoms with van der Waals surface area (Å²) < 4.78 is 22.4. The van der Waals surface area contributed by atoms with Crippen LogP contribution >= 0.6 is 0 Å². The summed E-state index contributed by atoms with van der Waals surface area (Å²) in [6.07, 6.45) is 4.20. The molecule has 1 aromatic rings. The van der Waals surface area contributed by atoms with Gasteiger partial charge in [0.15, 0.2) is 0 Å². The van der Waals surface area contributed by atoms with Crippen LogP contribution in [0.15, 0.2) is 24.5 Å². The molecule has 0 atom stereocenters. The first kappa shape index (κ1) is 13.1. The predicted molar refractivity (Wildman–Crippen MR) is 64.9 cm³/mol. The van der Waals surface area contributed by atoms with Crippen LogP contribution < -0.4 is 5.32 Å². The molecular weight excluding hydrogens is 224 g/mol. The largest absolute Gasteiger partial charge is 0.313 e. The van der Waals surface area contributed by atoms with Gasteiger partial charge in [-0.05, 0) is 24.6 Å². The molecule has 1 aromatic heterocycles. The van der Waals surface area contributed by atoms with Crippen LogP contribution in [-0.2, 0) is 16.4 Å². The highest BCUT2D eigenvalue weighted by Gasteiger charge is 2.05. The smallest absolute Gasteiger partial charge is 0.150 e. The van der Waals surface area contributed by atoms with Crippen LogP contribution in [0, 0.1) is 0 Å². The number of sulfone groups is 1. The van der Waals surface area contributed by atoms with Crippen molar-refractivity contribution in [2.45, 2.75) is 19.9 Å². The average molecular weight is 242 g/mol. The highest BCUT2D eigenvalue weighted by Crippen LogP contribution is 1.95. The summed E-state index contributed by atoms with van der Waals surface area (Å²) in [7, 11) is -2.82. The monoisotopic (exact) mass is 242 g/mol. The highest BCUT2D eigenvalue weighted by molar-refractivity contribution is 7.91. The van der Waals surface area contributed by atoms with E-state index < -0.39 is 9.84 Å². The Hall–Kier alpha value is -0.940. The van der Waals surface area contributed by atoms with Gasteiger partial charge in [-0.15, -0.1) is 0 Å². The summed E-state index contributed by atoms with van der Waals surface area (Å²) in [5, 5.41) is 3.19. The van der Waals surface area contributed by atoms with Crippen molar-refractivity contribution in [3.63, 3.8) is 0 Å². The van der Waals surface area contributed by atoms with E-state index in [1.807, 2.05) is 12.1 Å². The third-order valence-corrected chi connectivity index (χ3v) is 4.09. The van der Waals surface area contributed by atoms with Gasteiger partial charge in [-0.1, -0.05) is 13.0 Å². The molecule has 0 aliphatic heterocycles. The zero-order valence-electron chi connectivity index (χ0n) is 9.52. The quantitative estimate of drug-likeness (QED) is 0.725. The van der Waals surface area contributed by atoms with E-state index in [0.717, 1.165) is 12.1 Å². The van der Waals surface area contributed by atoms with E-state index in [1.54, 1.807) is 19.3 Å². The molecule has 0 fully saturated rings. The zero-order chi connectivity index (χ0) is 11.9. The first-order chi connectivity index (χ1) is 7.64. The Morgan fingerprint density at radius 1 is 1.44 bits per heavy atom. The molecular formula is C11H18N2O2S. The maximum Gasteiger partial charge on any atom is 0.150 e. The van der Waals surface area contributed by atoms with Gasteiger partial charge < -0.3 is 5.32 Å². The van der Waals surface area contributed by atoms with E-state index in [4.69, 9.17) is 0 Å². The summed E-state index contributed by atoms with van der Waals surface area (Å²) in [6, 6.07) is 3.88. The van der Waals surface area contributed by atoms with Crippen molar-refractivity contribution in [3.05, 3.63) is 30.1 Å². The first-order valence-corrected chi connectivity index (χ1v) is 7.26. The lowest BCUT2D eigenvalue weighted by Crippen LogP contribution is -2.19. The minimum absolute atomic E-state index is 0.232. The van der Waals surface area contributed by atoms with Crippen molar-refractivity contribution < 1.29 is 8.42 Å². The predicted octanol–water partition coefficient (Wildman–Crippen LogP) is 0.996. The van der Waals surface area contributed by atoms with E-state index in [9.17, 15) is 8.42 Å². The van der Waals surface area contributed by atoms with Crippen LogP contribution in [0.4, 0.5) is 0 Å². The summed E-state index contributed by atoms with van der Waals surface area (Å²) in [5.74, 6) is 0.499. The van der Waals surface area contributed by atoms with Gasteiger partial charge in [0.2, 0.25) is 0 Å². The molecule has 0 radical (unpaired) electrons. The van der Waals surface area contributed by atoms with E-state index in [-0.39, 0.29) is 11.5 Å². The van der Waals surface area contributed by atoms with Crippen molar-refractivity contribution in [1.82, 2.24) is 10.3 Å². The molecule has 0 amide bonds. The molecule has 5 heteroatoms. The van der Waals surface area contributed by atoms with E-state index in [1.165, 1.54) is 0 Å². The van der Waals surface area contributed by atoms with Crippen LogP contribution in [0.3, 0.4) is 0 Å². The third kappa shape index (κ3) is 5.23. The standard InChI is InChI=1S/C11H18N2O2S/c1-2-16(14,15)8-4-7-13-10-11-5-3-6-12-9-11/h3,5-6,9,13H,2,4,7-8,10H2,1H3. The average Bonchev–Trinajstić information content (AvgIpc) is 2.30. The Labute approximate surface area is 97.0 Å². The van der Waals surface area contributed by atoms with E-state index >= 15 is 0 Å². The molecule has 4 nitrogen and oxygen atoms in total. The maximum absolute atomic E-state index is 11.2. The molecule has 90 valence electrons. The molecule has 0 aliphatic carbocycles. The molecule has 0 aliphatic rings. The van der Waals surface area contributed by atoms with Crippen molar-refractivity contribution in [1.29, 1.82) is 0 Å². The molecule has 0 spiro atoms. The Balaban J connectivity index is 2.14. The molecule has 16 heavy (non-hydrogen) atoms. The molecule has 0 saturated heterocycles. The second-order valence-corrected chi connectivity index (χ2v) is 6.10. The zero-order valence-corrected chi connectivity index (χ0v) is 10.3. The van der Waals surface area contributed by atoms with Crippen LogP contribution in [0.1, 0.15) is 18.9 Å². The molecule has 0 aromatic carbocycles. The third-order valence-electron chi connectivity index (χ3n) is 2.30. The fourth-order valence-corrected chi connectivity index (χ4v) is 2.17. The fraction of sp³-hybridized carbons (Fsp3) is 0.545. The molecule has 0 saturated carbocycles. The minimum Gasteiger partial charge on any atom is -0.313 e. The fourth-order valence-electron chi connectivity index (χ4n) is 1.30. The second-order valence-electron chi connectivity index (χ2n) is 3.63. The van der Waals surface area contributed by atoms with E-state index in [2.05, 4.69) is 10.3 Å². The van der Waals surface area contributed by atoms with Gasteiger partial charge in [0.25, 0.3) is 0 Å². The maximum atomic E-state index is 11.2. The Morgan fingerprint density at radius 3 is 2.88 bits per heavy atom. The lowest BCUT2D eigenvalue weighted by Gasteiger charge is -2.04. The van der Waals surface area contributed by atoms with Crippen molar-refractivity contribution in [3.8, 4) is 0 Å². The molecule has 0 bridgehead atoms. The summed E-state index contributed by atoms with van der Waals surface area (Å²) in [6.45, 7) is 3.13. The lowest BCUT2D eigenvalue weighted by molar-refractivity contribution is 0.590. The molecule has 0 unspecified atom stereocenters. The number of aromatic nitrogens is 1. The van der Waals surface area contributed by atoms with Crippen LogP contribution in [-0.4, -0.2) is 31.5 Å². The van der Waals surface area contributed by atoms with Gasteiger partial charge in [0, 0.05) is 24.7 Å². The number of nitrogens with one attached hydrogen (secondary N) is 1. The topological polar surface area (TPSA) is 59.1 Å². The Kier molecular flexibility index (Phi) is 5.42. The Morgan fingerprint density at radius 2 is 2.25 bits per heavy atom. The number of hydrogen-bond acceptors (Lipinski definition) is 4. The summed E-state index contributed by atoms with van der Waals surface area (Å²) >= 11 is 0. The second kappa shape index (κ2) is 6.60. The van der Waals surface area contributed by atoms with Gasteiger partial charge >= 0.3 is 0 Å². The minimum atomic E-state index is -2.82. The van der Waals surface area contributed by atoms with Crippen molar-refractivity contribution >= 4 is 9.84 Å². The van der Waals surface area contributed by atoms with Crippen LogP contribution in [0.5, 0.6) is 0 Å². The van der Waals surface area contributed by atoms with Gasteiger partial charge in [-0.2, -0.15) is 0 Å². The highest BCUT2D eigenvalue weighted by atomic mass is 32.2. The van der Waals surface area contributed by atoms with Gasteiger partial charge in [-0.25, -0.2) is 8.42 Å². The normalized spacial score (nSPS) is 11.6. The first-order valence-electron chi connectivity index (χ1n) is 5.44. The number of rotatable bonds is 7. The number of hydrogen-bond donors (Lipinski definition) is 1. The molecule has 1 heterocycles. The van der Waals surface area contributed by atoms with Gasteiger partial charge in [0.05, 0.1) is 5.75 Å². The van der Waals surface area contributed by atoms with E-state index in [0.29, 0.717) is 13.0 Å². The number of nitrogens with zero attached hydrogens (tertiary/aromatic N) is 1.